The molecule has 13 heavy (non-hydrogen) atoms. The van der Waals surface area contributed by atoms with E-state index in [0.29, 0.717) is 0 Å². The third-order valence-electron chi connectivity index (χ3n) is 1.64. The lowest BCUT2D eigenvalue weighted by Crippen LogP contribution is -2.19. The molecule has 0 saturated carbocycles. The molecule has 1 heterocycles. The van der Waals surface area contributed by atoms with Crippen molar-refractivity contribution in [3.05, 3.63) is 24.0 Å². The van der Waals surface area contributed by atoms with E-state index in [0.717, 1.165) is 4.57 Å². The van der Waals surface area contributed by atoms with Crippen molar-refractivity contribution in [2.75, 3.05) is 0 Å². The summed E-state index contributed by atoms with van der Waals surface area (Å²) in [7, 11) is 0. The molecular formula is C8H10F3NO. The van der Waals surface area contributed by atoms with Crippen molar-refractivity contribution in [2.24, 2.45) is 0 Å². The normalized spacial score (nSPS) is 14.5. The zero-order valence-corrected chi connectivity index (χ0v) is 7.04. The molecule has 0 aromatic carbocycles. The molecule has 0 saturated heterocycles. The van der Waals surface area contributed by atoms with Crippen LogP contribution in [0.15, 0.2) is 18.3 Å². The van der Waals surface area contributed by atoms with Gasteiger partial charge in [-0.15, -0.1) is 0 Å². The molecule has 0 radical (unpaired) electrons. The van der Waals surface area contributed by atoms with Crippen LogP contribution in [-0.4, -0.2) is 15.8 Å². The molecule has 1 rings (SSSR count). The van der Waals surface area contributed by atoms with E-state index in [2.05, 4.69) is 0 Å². The van der Waals surface area contributed by atoms with Crippen LogP contribution in [0.2, 0.25) is 0 Å². The second-order valence-electron chi connectivity index (χ2n) is 2.85. The molecule has 74 valence electrons. The van der Waals surface area contributed by atoms with Gasteiger partial charge in [-0.05, 0) is 19.1 Å². The molecule has 1 N–H and O–H groups in total. The summed E-state index contributed by atoms with van der Waals surface area (Å²) in [4.78, 5) is 0. The van der Waals surface area contributed by atoms with Crippen molar-refractivity contribution in [3.63, 3.8) is 0 Å². The molecule has 0 fully saturated rings. The van der Waals surface area contributed by atoms with Crippen molar-refractivity contribution >= 4 is 0 Å². The van der Waals surface area contributed by atoms with E-state index in [1.165, 1.54) is 25.3 Å². The Hall–Kier alpha value is -0.970. The number of aliphatic hydroxyl groups is 1. The van der Waals surface area contributed by atoms with E-state index in [1.807, 2.05) is 0 Å². The highest BCUT2D eigenvalue weighted by Gasteiger charge is 2.28. The summed E-state index contributed by atoms with van der Waals surface area (Å²) in [5.74, 6) is 0. The van der Waals surface area contributed by atoms with Gasteiger partial charge in [-0.2, -0.15) is 13.2 Å². The summed E-state index contributed by atoms with van der Waals surface area (Å²) in [5, 5.41) is 9.10. The first-order valence-electron chi connectivity index (χ1n) is 3.80. The number of alkyl halides is 3. The van der Waals surface area contributed by atoms with Gasteiger partial charge in [-0.25, -0.2) is 0 Å². The molecule has 0 aliphatic rings. The van der Waals surface area contributed by atoms with Crippen molar-refractivity contribution in [2.45, 2.75) is 25.7 Å². The first kappa shape index (κ1) is 10.1. The Labute approximate surface area is 73.6 Å². The van der Waals surface area contributed by atoms with E-state index in [4.69, 9.17) is 5.11 Å². The lowest BCUT2D eigenvalue weighted by atomic mass is 10.3. The number of halogens is 3. The number of hydrogen-bond donors (Lipinski definition) is 1. The van der Waals surface area contributed by atoms with Crippen molar-refractivity contribution in [3.8, 4) is 0 Å². The molecule has 5 heteroatoms. The van der Waals surface area contributed by atoms with Crippen LogP contribution >= 0.6 is 0 Å². The van der Waals surface area contributed by atoms with Gasteiger partial charge >= 0.3 is 6.18 Å². The maximum atomic E-state index is 12.0. The average molecular weight is 193 g/mol. The van der Waals surface area contributed by atoms with Crippen LogP contribution in [0.3, 0.4) is 0 Å². The largest absolute Gasteiger partial charge is 0.406 e. The van der Waals surface area contributed by atoms with Gasteiger partial charge in [-0.3, -0.25) is 0 Å². The highest BCUT2D eigenvalue weighted by atomic mass is 19.4. The maximum absolute atomic E-state index is 12.0. The number of aromatic nitrogens is 1. The molecule has 1 aromatic heterocycles. The SMILES string of the molecule is CC(O)c1cccn1CC(F)(F)F. The van der Waals surface area contributed by atoms with Crippen LogP contribution in [0.25, 0.3) is 0 Å². The minimum Gasteiger partial charge on any atom is -0.387 e. The Balaban J connectivity index is 2.83. The van der Waals surface area contributed by atoms with E-state index in [9.17, 15) is 13.2 Å². The molecule has 0 spiro atoms. The standard InChI is InChI=1S/C8H10F3NO/c1-6(13)7-3-2-4-12(7)5-8(9,10)11/h2-4,6,13H,5H2,1H3. The van der Waals surface area contributed by atoms with Crippen LogP contribution in [0, 0.1) is 0 Å². The highest BCUT2D eigenvalue weighted by Crippen LogP contribution is 2.21. The Morgan fingerprint density at radius 1 is 1.54 bits per heavy atom. The minimum absolute atomic E-state index is 0.275. The third-order valence-corrected chi connectivity index (χ3v) is 1.64. The van der Waals surface area contributed by atoms with E-state index in [1.54, 1.807) is 0 Å². The van der Waals surface area contributed by atoms with Gasteiger partial charge in [0.25, 0.3) is 0 Å². The molecule has 0 bridgehead atoms. The van der Waals surface area contributed by atoms with Gasteiger partial charge in [0.1, 0.15) is 6.54 Å². The molecule has 0 amide bonds. The van der Waals surface area contributed by atoms with Gasteiger partial charge in [0, 0.05) is 11.9 Å². The number of nitrogens with zero attached hydrogens (tertiary/aromatic N) is 1. The van der Waals surface area contributed by atoms with E-state index >= 15 is 0 Å². The molecular weight excluding hydrogens is 183 g/mol. The van der Waals surface area contributed by atoms with Crippen molar-refractivity contribution in [1.82, 2.24) is 4.57 Å². The second-order valence-corrected chi connectivity index (χ2v) is 2.85. The molecule has 0 aliphatic carbocycles. The van der Waals surface area contributed by atoms with Gasteiger partial charge in [0.05, 0.1) is 6.10 Å². The minimum atomic E-state index is -4.25. The molecule has 2 nitrogen and oxygen atoms in total. The summed E-state index contributed by atoms with van der Waals surface area (Å²) < 4.78 is 36.9. The third kappa shape index (κ3) is 2.77. The molecule has 1 aromatic rings. The number of aliphatic hydroxyl groups excluding tert-OH is 1. The van der Waals surface area contributed by atoms with Crippen molar-refractivity contribution in [1.29, 1.82) is 0 Å². The number of rotatable bonds is 2. The van der Waals surface area contributed by atoms with E-state index in [-0.39, 0.29) is 5.69 Å². The fourth-order valence-corrected chi connectivity index (χ4v) is 1.14. The quantitative estimate of drug-likeness (QED) is 0.764. The Morgan fingerprint density at radius 3 is 2.62 bits per heavy atom. The monoisotopic (exact) mass is 193 g/mol. The van der Waals surface area contributed by atoms with Gasteiger partial charge < -0.3 is 9.67 Å². The van der Waals surface area contributed by atoms with Gasteiger partial charge in [0.15, 0.2) is 0 Å². The lowest BCUT2D eigenvalue weighted by molar-refractivity contribution is -0.141. The van der Waals surface area contributed by atoms with Crippen LogP contribution in [-0.2, 0) is 6.54 Å². The molecule has 1 unspecified atom stereocenters. The van der Waals surface area contributed by atoms with Crippen molar-refractivity contribution < 1.29 is 18.3 Å². The lowest BCUT2D eigenvalue weighted by Gasteiger charge is -2.13. The first-order valence-corrected chi connectivity index (χ1v) is 3.80. The fraction of sp³-hybridized carbons (Fsp3) is 0.500. The maximum Gasteiger partial charge on any atom is 0.406 e. The predicted octanol–water partition coefficient (Wildman–Crippen LogP) is 2.10. The van der Waals surface area contributed by atoms with Crippen LogP contribution in [0.4, 0.5) is 13.2 Å². The highest BCUT2D eigenvalue weighted by molar-refractivity contribution is 5.09. The van der Waals surface area contributed by atoms with Crippen LogP contribution < -0.4 is 0 Å². The van der Waals surface area contributed by atoms with Gasteiger partial charge in [0.2, 0.25) is 0 Å². The predicted molar refractivity (Wildman–Crippen MR) is 41.1 cm³/mol. The van der Waals surface area contributed by atoms with Crippen LogP contribution in [0.1, 0.15) is 18.7 Å². The smallest absolute Gasteiger partial charge is 0.387 e. The van der Waals surface area contributed by atoms with Gasteiger partial charge in [-0.1, -0.05) is 0 Å². The second kappa shape index (κ2) is 3.41. The summed E-state index contributed by atoms with van der Waals surface area (Å²) >= 11 is 0. The summed E-state index contributed by atoms with van der Waals surface area (Å²) in [6.07, 6.45) is -3.82. The molecule has 1 atom stereocenters. The Bertz CT molecular complexity index is 277. The average Bonchev–Trinajstić information content (AvgIpc) is 2.31. The fourth-order valence-electron chi connectivity index (χ4n) is 1.14. The van der Waals surface area contributed by atoms with E-state index < -0.39 is 18.8 Å². The zero-order valence-electron chi connectivity index (χ0n) is 7.04. The zero-order chi connectivity index (χ0) is 10.1. The van der Waals surface area contributed by atoms with Crippen LogP contribution in [0.5, 0.6) is 0 Å². The topological polar surface area (TPSA) is 25.2 Å². The summed E-state index contributed by atoms with van der Waals surface area (Å²) in [6.45, 7) is 0.377. The molecule has 0 aliphatic heterocycles. The summed E-state index contributed by atoms with van der Waals surface area (Å²) in [6, 6.07) is 2.95. The number of hydrogen-bond acceptors (Lipinski definition) is 1. The Morgan fingerprint density at radius 2 is 2.15 bits per heavy atom. The Kier molecular flexibility index (Phi) is 2.66. The summed E-state index contributed by atoms with van der Waals surface area (Å²) in [5.41, 5.74) is 0.275. The first-order chi connectivity index (χ1) is 5.90.